The molecule has 0 unspecified atom stereocenters. The van der Waals surface area contributed by atoms with Crippen LogP contribution in [0.3, 0.4) is 0 Å². The number of nitrogens with one attached hydrogen (secondary N) is 1. The lowest BCUT2D eigenvalue weighted by Gasteiger charge is -2.37. The summed E-state index contributed by atoms with van der Waals surface area (Å²) in [5.41, 5.74) is 1.12. The van der Waals surface area contributed by atoms with Crippen molar-refractivity contribution in [3.63, 3.8) is 0 Å². The quantitative estimate of drug-likeness (QED) is 0.757. The molecule has 0 spiro atoms. The molecule has 1 aliphatic rings. The van der Waals surface area contributed by atoms with Crippen LogP contribution in [0.4, 0.5) is 0 Å². The Morgan fingerprint density at radius 1 is 1.30 bits per heavy atom. The summed E-state index contributed by atoms with van der Waals surface area (Å²) in [7, 11) is 0. The third-order valence-electron chi connectivity index (χ3n) is 3.87. The zero-order chi connectivity index (χ0) is 14.2. The van der Waals surface area contributed by atoms with Crippen LogP contribution in [0.2, 0.25) is 0 Å². The van der Waals surface area contributed by atoms with Crippen molar-refractivity contribution in [2.45, 2.75) is 38.3 Å². The lowest BCUT2D eigenvalue weighted by atomic mass is 9.91. The number of nitrogens with zero attached hydrogens (tertiary/aromatic N) is 1. The van der Waals surface area contributed by atoms with Gasteiger partial charge in [0.2, 0.25) is 5.91 Å². The van der Waals surface area contributed by atoms with E-state index < -0.39 is 0 Å². The molecular weight excluding hydrogens is 252 g/mol. The molecule has 0 atom stereocenters. The summed E-state index contributed by atoms with van der Waals surface area (Å²) in [4.78, 5) is 14.2. The van der Waals surface area contributed by atoms with Crippen LogP contribution in [0.25, 0.3) is 0 Å². The Morgan fingerprint density at radius 2 is 2.05 bits per heavy atom. The van der Waals surface area contributed by atoms with E-state index in [-0.39, 0.29) is 12.5 Å². The van der Waals surface area contributed by atoms with Gasteiger partial charge in [-0.25, -0.2) is 0 Å². The van der Waals surface area contributed by atoms with Gasteiger partial charge in [-0.2, -0.15) is 0 Å². The van der Waals surface area contributed by atoms with E-state index in [2.05, 4.69) is 10.2 Å². The van der Waals surface area contributed by atoms with Crippen LogP contribution >= 0.6 is 0 Å². The number of carbonyl (C=O) groups is 1. The third-order valence-corrected chi connectivity index (χ3v) is 3.87. The molecule has 0 bridgehead atoms. The number of aliphatic hydroxyl groups excluding tert-OH is 1. The fourth-order valence-electron chi connectivity index (χ4n) is 2.45. The Bertz CT molecular complexity index is 404. The maximum atomic E-state index is 12.0. The number of hydrogen-bond donors (Lipinski definition) is 2. The minimum absolute atomic E-state index is 0.0682. The van der Waals surface area contributed by atoms with Crippen molar-refractivity contribution in [3.05, 3.63) is 35.9 Å². The second kappa shape index (κ2) is 8.02. The third kappa shape index (κ3) is 4.62. The van der Waals surface area contributed by atoms with Gasteiger partial charge in [0.15, 0.2) is 0 Å². The minimum Gasteiger partial charge on any atom is -0.396 e. The molecule has 2 N–H and O–H groups in total. The average molecular weight is 276 g/mol. The SMILES string of the molecule is O=C(CN(CCCO)C1CCC1)NCc1ccccc1. The number of aliphatic hydroxyl groups is 1. The molecule has 0 aromatic heterocycles. The fourth-order valence-corrected chi connectivity index (χ4v) is 2.45. The summed E-state index contributed by atoms with van der Waals surface area (Å²) in [5, 5.41) is 11.9. The van der Waals surface area contributed by atoms with Gasteiger partial charge in [0.05, 0.1) is 6.54 Å². The lowest BCUT2D eigenvalue weighted by Crippen LogP contribution is -2.46. The molecule has 110 valence electrons. The van der Waals surface area contributed by atoms with Crippen LogP contribution < -0.4 is 5.32 Å². The highest BCUT2D eigenvalue weighted by molar-refractivity contribution is 5.78. The van der Waals surface area contributed by atoms with Crippen molar-refractivity contribution in [1.29, 1.82) is 0 Å². The van der Waals surface area contributed by atoms with Crippen molar-refractivity contribution in [1.82, 2.24) is 10.2 Å². The molecule has 4 nitrogen and oxygen atoms in total. The van der Waals surface area contributed by atoms with Crippen LogP contribution in [0.1, 0.15) is 31.2 Å². The molecule has 1 aromatic carbocycles. The maximum Gasteiger partial charge on any atom is 0.234 e. The van der Waals surface area contributed by atoms with Crippen LogP contribution in [-0.4, -0.2) is 41.7 Å². The summed E-state index contributed by atoms with van der Waals surface area (Å²) >= 11 is 0. The van der Waals surface area contributed by atoms with Gasteiger partial charge in [-0.15, -0.1) is 0 Å². The Kier molecular flexibility index (Phi) is 6.02. The van der Waals surface area contributed by atoms with Gasteiger partial charge in [-0.05, 0) is 24.8 Å². The van der Waals surface area contributed by atoms with Gasteiger partial charge in [0.25, 0.3) is 0 Å². The van der Waals surface area contributed by atoms with Gasteiger partial charge in [-0.1, -0.05) is 36.8 Å². The molecule has 0 saturated heterocycles. The Balaban J connectivity index is 1.75. The first-order valence-electron chi connectivity index (χ1n) is 7.45. The molecule has 1 saturated carbocycles. The number of rotatable bonds is 8. The highest BCUT2D eigenvalue weighted by Crippen LogP contribution is 2.24. The summed E-state index contributed by atoms with van der Waals surface area (Å²) < 4.78 is 0. The first-order valence-corrected chi connectivity index (χ1v) is 7.45. The molecule has 0 radical (unpaired) electrons. The van der Waals surface area contributed by atoms with Crippen LogP contribution in [0.5, 0.6) is 0 Å². The van der Waals surface area contributed by atoms with Gasteiger partial charge >= 0.3 is 0 Å². The molecule has 0 heterocycles. The summed E-state index contributed by atoms with van der Waals surface area (Å²) in [6.45, 7) is 2.02. The summed E-state index contributed by atoms with van der Waals surface area (Å²) in [5.74, 6) is 0.0682. The van der Waals surface area contributed by atoms with E-state index in [1.165, 1.54) is 19.3 Å². The smallest absolute Gasteiger partial charge is 0.234 e. The molecule has 1 amide bonds. The molecule has 4 heteroatoms. The van der Waals surface area contributed by atoms with Crippen LogP contribution in [0.15, 0.2) is 30.3 Å². The van der Waals surface area contributed by atoms with E-state index in [9.17, 15) is 4.79 Å². The van der Waals surface area contributed by atoms with E-state index in [0.29, 0.717) is 19.1 Å². The fraction of sp³-hybridized carbons (Fsp3) is 0.562. The van der Waals surface area contributed by atoms with Gasteiger partial charge in [-0.3, -0.25) is 9.69 Å². The first-order chi connectivity index (χ1) is 9.79. The maximum absolute atomic E-state index is 12.0. The highest BCUT2D eigenvalue weighted by Gasteiger charge is 2.25. The van der Waals surface area contributed by atoms with Gasteiger partial charge < -0.3 is 10.4 Å². The van der Waals surface area contributed by atoms with E-state index in [0.717, 1.165) is 18.5 Å². The number of amides is 1. The lowest BCUT2D eigenvalue weighted by molar-refractivity contribution is -0.123. The Labute approximate surface area is 120 Å². The van der Waals surface area contributed by atoms with E-state index in [1.807, 2.05) is 30.3 Å². The first kappa shape index (κ1) is 15.0. The Hall–Kier alpha value is -1.39. The van der Waals surface area contributed by atoms with Crippen molar-refractivity contribution < 1.29 is 9.90 Å². The topological polar surface area (TPSA) is 52.6 Å². The van der Waals surface area contributed by atoms with E-state index >= 15 is 0 Å². The summed E-state index contributed by atoms with van der Waals surface area (Å²) in [6.07, 6.45) is 4.35. The van der Waals surface area contributed by atoms with Crippen LogP contribution in [-0.2, 0) is 11.3 Å². The normalized spacial score (nSPS) is 15.1. The number of carbonyl (C=O) groups excluding carboxylic acids is 1. The van der Waals surface area contributed by atoms with Gasteiger partial charge in [0.1, 0.15) is 0 Å². The van der Waals surface area contributed by atoms with Gasteiger partial charge in [0, 0.05) is 25.7 Å². The highest BCUT2D eigenvalue weighted by atomic mass is 16.3. The number of hydrogen-bond acceptors (Lipinski definition) is 3. The largest absolute Gasteiger partial charge is 0.396 e. The summed E-state index contributed by atoms with van der Waals surface area (Å²) in [6, 6.07) is 10.5. The van der Waals surface area contributed by atoms with Crippen molar-refractivity contribution in [2.24, 2.45) is 0 Å². The second-order valence-electron chi connectivity index (χ2n) is 5.39. The number of benzene rings is 1. The molecule has 1 fully saturated rings. The zero-order valence-electron chi connectivity index (χ0n) is 11.9. The predicted octanol–water partition coefficient (Wildman–Crippen LogP) is 1.54. The zero-order valence-corrected chi connectivity index (χ0v) is 11.9. The van der Waals surface area contributed by atoms with Crippen molar-refractivity contribution >= 4 is 5.91 Å². The standard InChI is InChI=1S/C16H24N2O2/c19-11-5-10-18(15-8-4-9-15)13-16(20)17-12-14-6-2-1-3-7-14/h1-3,6-7,15,19H,4-5,8-13H2,(H,17,20). The van der Waals surface area contributed by atoms with Crippen molar-refractivity contribution in [3.8, 4) is 0 Å². The van der Waals surface area contributed by atoms with Crippen molar-refractivity contribution in [2.75, 3.05) is 19.7 Å². The minimum atomic E-state index is 0.0682. The molecule has 1 aromatic rings. The molecule has 20 heavy (non-hydrogen) atoms. The Morgan fingerprint density at radius 3 is 2.65 bits per heavy atom. The predicted molar refractivity (Wildman–Crippen MR) is 79.2 cm³/mol. The molecule has 1 aliphatic carbocycles. The van der Waals surface area contributed by atoms with Crippen LogP contribution in [0, 0.1) is 0 Å². The monoisotopic (exact) mass is 276 g/mol. The average Bonchev–Trinajstić information content (AvgIpc) is 2.42. The molecular formula is C16H24N2O2. The molecule has 2 rings (SSSR count). The van der Waals surface area contributed by atoms with E-state index in [1.54, 1.807) is 0 Å². The van der Waals surface area contributed by atoms with E-state index in [4.69, 9.17) is 5.11 Å². The second-order valence-corrected chi connectivity index (χ2v) is 5.39. The molecule has 0 aliphatic heterocycles.